The van der Waals surface area contributed by atoms with Gasteiger partial charge in [-0.1, -0.05) is 19.6 Å². The number of halogens is 2. The Morgan fingerprint density at radius 2 is 0.908 bits per heavy atom. The standard InChI is InChI=1S/C29H25FN2O5.C23H22N2O5.C6H6FN.CH4/c1-35-25-16-22-23(17-26(25)36-2)31-14-11-24(22)37-21-9-7-20(8-10-21)32-28(34)29(12-13-29)27(33)15-18-3-5-19(30)6-4-18;1-14(26)23(9-10-23)22(27)25-15-4-6-16(7-5-15)30-19-8-11-24-18-13-21(29-3)20(28-2)12-17(18)19;7-5-1-3-6(8)4-2-5;/h3-11,14,16-17H,12-13,15H2,1-2H3,(H,32,34);4-8,11-13H,9-10H2,1-3H3,(H,25,27);1-4H,8H2;1H4. The molecule has 2 aliphatic rings. The number of fused-ring (bicyclic) bond motifs is 2. The summed E-state index contributed by atoms with van der Waals surface area (Å²) in [6.07, 6.45) is 5.63. The maximum Gasteiger partial charge on any atom is 0.238 e. The Morgan fingerprint density at radius 1 is 0.526 bits per heavy atom. The summed E-state index contributed by atoms with van der Waals surface area (Å²) in [5.74, 6) is 3.25. The number of anilines is 3. The predicted octanol–water partition coefficient (Wildman–Crippen LogP) is 12.1. The van der Waals surface area contributed by atoms with Crippen LogP contribution in [-0.4, -0.2) is 61.8 Å². The van der Waals surface area contributed by atoms with Gasteiger partial charge in [0, 0.05) is 58.8 Å². The number of nitrogens with zero attached hydrogens (tertiary/aromatic N) is 2. The van der Waals surface area contributed by atoms with Crippen molar-refractivity contribution in [3.05, 3.63) is 163 Å². The molecule has 6 aromatic carbocycles. The minimum absolute atomic E-state index is 0. The van der Waals surface area contributed by atoms with Gasteiger partial charge in [-0.15, -0.1) is 0 Å². The number of carbonyl (C=O) groups is 4. The van der Waals surface area contributed by atoms with Crippen molar-refractivity contribution in [2.75, 3.05) is 44.8 Å². The van der Waals surface area contributed by atoms with Crippen molar-refractivity contribution in [1.82, 2.24) is 9.97 Å². The molecule has 0 bridgehead atoms. The number of pyridine rings is 2. The summed E-state index contributed by atoms with van der Waals surface area (Å²) >= 11 is 0. The molecule has 0 atom stereocenters. The van der Waals surface area contributed by atoms with Gasteiger partial charge in [0.15, 0.2) is 28.8 Å². The van der Waals surface area contributed by atoms with E-state index in [9.17, 15) is 28.0 Å². The number of nitrogens with one attached hydrogen (secondary N) is 2. The first-order chi connectivity index (χ1) is 36.2. The fourth-order valence-corrected chi connectivity index (χ4v) is 8.08. The Balaban J connectivity index is 0.000000193. The fraction of sp³-hybridized carbons (Fsp3) is 0.220. The average Bonchev–Trinajstić information content (AvgIpc) is 4.38. The summed E-state index contributed by atoms with van der Waals surface area (Å²) in [6.45, 7) is 1.47. The van der Waals surface area contributed by atoms with Crippen molar-refractivity contribution in [2.24, 2.45) is 10.8 Å². The highest BCUT2D eigenvalue weighted by atomic mass is 19.1. The lowest BCUT2D eigenvalue weighted by Gasteiger charge is -2.15. The fourth-order valence-electron chi connectivity index (χ4n) is 8.08. The summed E-state index contributed by atoms with van der Waals surface area (Å²) in [6, 6.07) is 36.1. The van der Waals surface area contributed by atoms with Crippen LogP contribution in [0.3, 0.4) is 0 Å². The number of ketones is 2. The molecule has 2 heterocycles. The number of carbonyl (C=O) groups excluding carboxylic acids is 4. The molecule has 0 aliphatic heterocycles. The molecule has 2 amide bonds. The third kappa shape index (κ3) is 12.6. The molecule has 0 saturated heterocycles. The van der Waals surface area contributed by atoms with Gasteiger partial charge in [-0.2, -0.15) is 0 Å². The van der Waals surface area contributed by atoms with E-state index in [1.165, 1.54) is 43.3 Å². The Morgan fingerprint density at radius 3 is 1.28 bits per heavy atom. The molecule has 0 radical (unpaired) electrons. The molecule has 4 N–H and O–H groups in total. The number of ether oxygens (including phenoxy) is 6. The number of nitrogens with two attached hydrogens (primary N) is 1. The molecule has 17 heteroatoms. The van der Waals surface area contributed by atoms with Crippen LogP contribution in [0.15, 0.2) is 146 Å². The second kappa shape index (κ2) is 23.8. The van der Waals surface area contributed by atoms with Crippen molar-refractivity contribution in [3.8, 4) is 46.0 Å². The van der Waals surface area contributed by atoms with Gasteiger partial charge in [0.2, 0.25) is 11.8 Å². The highest BCUT2D eigenvalue weighted by Crippen LogP contribution is 2.49. The molecule has 15 nitrogen and oxygen atoms in total. The van der Waals surface area contributed by atoms with Crippen molar-refractivity contribution < 1.29 is 56.4 Å². The topological polar surface area (TPSA) is 200 Å². The third-order valence-electron chi connectivity index (χ3n) is 12.8. The van der Waals surface area contributed by atoms with Crippen molar-refractivity contribution in [1.29, 1.82) is 0 Å². The molecule has 2 aliphatic carbocycles. The molecule has 10 rings (SSSR count). The normalized spacial score (nSPS) is 13.1. The van der Waals surface area contributed by atoms with Gasteiger partial charge in [0.05, 0.1) is 39.5 Å². The van der Waals surface area contributed by atoms with E-state index < -0.39 is 10.8 Å². The van der Waals surface area contributed by atoms with Crippen LogP contribution in [0.1, 0.15) is 45.6 Å². The van der Waals surface area contributed by atoms with Crippen molar-refractivity contribution in [2.45, 2.75) is 46.5 Å². The minimum atomic E-state index is -1.03. The Labute approximate surface area is 438 Å². The molecule has 2 fully saturated rings. The Kier molecular flexibility index (Phi) is 17.1. The first-order valence-electron chi connectivity index (χ1n) is 23.7. The van der Waals surface area contributed by atoms with Crippen LogP contribution in [0.25, 0.3) is 21.8 Å². The Bertz CT molecular complexity index is 3350. The lowest BCUT2D eigenvalue weighted by molar-refractivity contribution is -0.133. The van der Waals surface area contributed by atoms with Gasteiger partial charge in [0.1, 0.15) is 51.2 Å². The highest BCUT2D eigenvalue weighted by Gasteiger charge is 2.56. The SMILES string of the molecule is C.COc1cc2nccc(Oc3ccc(NC(=O)C4(C(=O)Cc5ccc(F)cc5)CC4)cc3)c2cc1OC.COc1cc2nccc(Oc3ccc(NC(=O)C4(C(C)=O)CC4)cc3)c2cc1OC.Nc1ccc(F)cc1. The second-order valence-corrected chi connectivity index (χ2v) is 17.7. The second-order valence-electron chi connectivity index (χ2n) is 17.7. The zero-order valence-electron chi connectivity index (χ0n) is 41.7. The summed E-state index contributed by atoms with van der Waals surface area (Å²) in [4.78, 5) is 58.7. The number of amides is 2. The van der Waals surface area contributed by atoms with Gasteiger partial charge < -0.3 is 44.8 Å². The number of Topliss-reactive ketones (excluding diaryl/α,β-unsaturated/α-hetero) is 2. The molecule has 2 aromatic heterocycles. The lowest BCUT2D eigenvalue weighted by atomic mass is 9.94. The van der Waals surface area contributed by atoms with E-state index in [0.717, 1.165) is 10.8 Å². The lowest BCUT2D eigenvalue weighted by Crippen LogP contribution is -2.32. The maximum absolute atomic E-state index is 13.1. The van der Waals surface area contributed by atoms with E-state index >= 15 is 0 Å². The smallest absolute Gasteiger partial charge is 0.238 e. The number of nitrogen functional groups attached to an aromatic ring is 1. The van der Waals surface area contributed by atoms with E-state index in [1.54, 1.807) is 126 Å². The number of benzene rings is 6. The largest absolute Gasteiger partial charge is 0.493 e. The van der Waals surface area contributed by atoms with Crippen molar-refractivity contribution in [3.63, 3.8) is 0 Å². The van der Waals surface area contributed by atoms with E-state index in [-0.39, 0.29) is 48.9 Å². The summed E-state index contributed by atoms with van der Waals surface area (Å²) in [5, 5.41) is 7.21. The monoisotopic (exact) mass is 1030 g/mol. The zero-order chi connectivity index (χ0) is 53.3. The average molecular weight is 1030 g/mol. The summed E-state index contributed by atoms with van der Waals surface area (Å²) in [5.41, 5.74) is 7.25. The number of hydrogen-bond donors (Lipinski definition) is 3. The Hall–Kier alpha value is -9.12. The van der Waals surface area contributed by atoms with Gasteiger partial charge >= 0.3 is 0 Å². The third-order valence-corrected chi connectivity index (χ3v) is 12.8. The molecule has 0 unspecified atom stereocenters. The van der Waals surface area contributed by atoms with Gasteiger partial charge in [-0.05, 0) is 147 Å². The quantitative estimate of drug-likeness (QED) is 0.0610. The first-order valence-corrected chi connectivity index (χ1v) is 23.7. The summed E-state index contributed by atoms with van der Waals surface area (Å²) < 4.78 is 58.8. The predicted molar refractivity (Wildman–Crippen MR) is 287 cm³/mol. The maximum atomic E-state index is 13.1. The van der Waals surface area contributed by atoms with Crippen LogP contribution in [-0.2, 0) is 25.6 Å². The molecular formula is C59H57F2N5O10. The van der Waals surface area contributed by atoms with Crippen LogP contribution >= 0.6 is 0 Å². The van der Waals surface area contributed by atoms with Gasteiger partial charge in [0.25, 0.3) is 0 Å². The zero-order valence-corrected chi connectivity index (χ0v) is 41.7. The molecule has 76 heavy (non-hydrogen) atoms. The van der Waals surface area contributed by atoms with E-state index in [4.69, 9.17) is 34.2 Å². The first kappa shape index (κ1) is 54.6. The van der Waals surface area contributed by atoms with E-state index in [2.05, 4.69) is 20.6 Å². The van der Waals surface area contributed by atoms with Crippen LogP contribution in [0.2, 0.25) is 0 Å². The summed E-state index contributed by atoms with van der Waals surface area (Å²) in [7, 11) is 6.28. The number of methoxy groups -OCH3 is 4. The van der Waals surface area contributed by atoms with E-state index in [0.29, 0.717) is 105 Å². The molecule has 8 aromatic rings. The van der Waals surface area contributed by atoms with Crippen LogP contribution in [0, 0.1) is 22.5 Å². The van der Waals surface area contributed by atoms with Crippen molar-refractivity contribution >= 4 is 62.2 Å². The molecule has 0 spiro atoms. The van der Waals surface area contributed by atoms with Crippen LogP contribution < -0.4 is 44.8 Å². The van der Waals surface area contributed by atoms with Crippen LogP contribution in [0.4, 0.5) is 25.8 Å². The highest BCUT2D eigenvalue weighted by molar-refractivity contribution is 6.14. The number of hydrogen-bond acceptors (Lipinski definition) is 13. The number of rotatable bonds is 16. The van der Waals surface area contributed by atoms with Gasteiger partial charge in [-0.3, -0.25) is 29.1 Å². The molecule has 392 valence electrons. The molecular weight excluding hydrogens is 977 g/mol. The van der Waals surface area contributed by atoms with Gasteiger partial charge in [-0.25, -0.2) is 8.78 Å². The van der Waals surface area contributed by atoms with Crippen LogP contribution in [0.5, 0.6) is 46.0 Å². The van der Waals surface area contributed by atoms with E-state index in [1.807, 2.05) is 12.1 Å². The number of aromatic nitrogens is 2. The molecule has 2 saturated carbocycles. The minimum Gasteiger partial charge on any atom is -0.493 e.